The second kappa shape index (κ2) is 5.74. The number of carbonyl (C=O) groups is 1. The monoisotopic (exact) mass is 289 g/mol. The van der Waals surface area contributed by atoms with Crippen molar-refractivity contribution in [2.75, 3.05) is 11.9 Å². The number of hydrogen-bond donors (Lipinski definition) is 1. The van der Waals surface area contributed by atoms with Gasteiger partial charge in [0.2, 0.25) is 0 Å². The Morgan fingerprint density at radius 2 is 1.91 bits per heavy atom. The summed E-state index contributed by atoms with van der Waals surface area (Å²) in [6, 6.07) is 17.0. The van der Waals surface area contributed by atoms with E-state index in [0.29, 0.717) is 5.56 Å². The highest BCUT2D eigenvalue weighted by molar-refractivity contribution is 6.09. The van der Waals surface area contributed by atoms with Crippen LogP contribution in [0, 0.1) is 11.3 Å². The third-order valence-electron chi connectivity index (χ3n) is 3.66. The van der Waals surface area contributed by atoms with Crippen LogP contribution < -0.4 is 5.32 Å². The summed E-state index contributed by atoms with van der Waals surface area (Å²) >= 11 is 0. The van der Waals surface area contributed by atoms with Crippen LogP contribution in [0.5, 0.6) is 0 Å². The summed E-state index contributed by atoms with van der Waals surface area (Å²) in [6.45, 7) is 0.222. The van der Waals surface area contributed by atoms with Crippen LogP contribution in [-0.4, -0.2) is 16.9 Å². The van der Waals surface area contributed by atoms with Gasteiger partial charge in [-0.15, -0.1) is 0 Å². The summed E-state index contributed by atoms with van der Waals surface area (Å²) in [5.41, 5.74) is 3.20. The fraction of sp³-hybridized carbons (Fsp3) is 0.111. The third-order valence-corrected chi connectivity index (χ3v) is 3.66. The molecule has 0 aliphatic heterocycles. The van der Waals surface area contributed by atoms with Crippen molar-refractivity contribution in [3.05, 3.63) is 65.9 Å². The molecule has 3 rings (SSSR count). The van der Waals surface area contributed by atoms with E-state index in [4.69, 9.17) is 5.26 Å². The van der Waals surface area contributed by atoms with Gasteiger partial charge in [0.1, 0.15) is 0 Å². The second-order valence-corrected chi connectivity index (χ2v) is 5.14. The number of fused-ring (bicyclic) bond motifs is 1. The van der Waals surface area contributed by atoms with E-state index in [1.807, 2.05) is 42.1 Å². The summed E-state index contributed by atoms with van der Waals surface area (Å²) in [7, 11) is 1.94. The molecule has 3 aromatic rings. The summed E-state index contributed by atoms with van der Waals surface area (Å²) in [5, 5.41) is 12.8. The van der Waals surface area contributed by atoms with Crippen LogP contribution in [0.3, 0.4) is 0 Å². The van der Waals surface area contributed by atoms with Crippen molar-refractivity contribution in [2.45, 2.75) is 0 Å². The van der Waals surface area contributed by atoms with E-state index < -0.39 is 0 Å². The van der Waals surface area contributed by atoms with Gasteiger partial charge < -0.3 is 9.88 Å². The highest BCUT2D eigenvalue weighted by Gasteiger charge is 2.13. The maximum absolute atomic E-state index is 12.4. The molecule has 0 atom stereocenters. The normalized spacial score (nSPS) is 10.4. The van der Waals surface area contributed by atoms with Crippen LogP contribution in [0.15, 0.2) is 54.7 Å². The van der Waals surface area contributed by atoms with Crippen molar-refractivity contribution in [1.29, 1.82) is 5.26 Å². The average molecular weight is 289 g/mol. The van der Waals surface area contributed by atoms with Gasteiger partial charge in [-0.25, -0.2) is 0 Å². The van der Waals surface area contributed by atoms with Gasteiger partial charge in [0.05, 0.1) is 18.2 Å². The molecule has 0 aliphatic carbocycles. The van der Waals surface area contributed by atoms with Crippen LogP contribution in [0.1, 0.15) is 15.9 Å². The highest BCUT2D eigenvalue weighted by Crippen LogP contribution is 2.21. The summed E-state index contributed by atoms with van der Waals surface area (Å²) < 4.78 is 1.96. The molecule has 0 saturated heterocycles. The zero-order valence-electron chi connectivity index (χ0n) is 12.2. The topological polar surface area (TPSA) is 57.8 Å². The Balaban J connectivity index is 1.77. The molecular weight excluding hydrogens is 274 g/mol. The molecule has 0 saturated carbocycles. The zero-order chi connectivity index (χ0) is 15.5. The molecule has 1 N–H and O–H groups in total. The second-order valence-electron chi connectivity index (χ2n) is 5.14. The average Bonchev–Trinajstić information content (AvgIpc) is 2.91. The van der Waals surface area contributed by atoms with Gasteiger partial charge in [-0.1, -0.05) is 18.2 Å². The molecule has 2 aromatic carbocycles. The van der Waals surface area contributed by atoms with Crippen molar-refractivity contribution >= 4 is 22.4 Å². The van der Waals surface area contributed by atoms with Crippen molar-refractivity contribution in [3.8, 4) is 6.07 Å². The number of hydrogen-bond acceptors (Lipinski definition) is 3. The van der Waals surface area contributed by atoms with E-state index in [-0.39, 0.29) is 12.3 Å². The van der Waals surface area contributed by atoms with Crippen LogP contribution in [0.2, 0.25) is 0 Å². The number of nitriles is 1. The van der Waals surface area contributed by atoms with Crippen LogP contribution in [0.25, 0.3) is 10.9 Å². The Morgan fingerprint density at radius 1 is 1.18 bits per heavy atom. The minimum Gasteiger partial charge on any atom is -0.378 e. The number of Topliss-reactive ketones (excluding diaryl/α,β-unsaturated/α-hetero) is 1. The SMILES string of the molecule is Cn1cc(C(=O)CNc2ccc(C#N)cc2)c2ccccc21. The van der Waals surface area contributed by atoms with Gasteiger partial charge in [-0.3, -0.25) is 4.79 Å². The lowest BCUT2D eigenvalue weighted by atomic mass is 10.1. The van der Waals surface area contributed by atoms with E-state index in [1.54, 1.807) is 24.3 Å². The predicted octanol–water partition coefficient (Wildman–Crippen LogP) is 3.34. The molecule has 1 aromatic heterocycles. The number of rotatable bonds is 4. The molecule has 0 amide bonds. The standard InChI is InChI=1S/C18H15N3O/c1-21-12-16(15-4-2-3-5-17(15)21)18(22)11-20-14-8-6-13(10-19)7-9-14/h2-9,12,20H,11H2,1H3. The molecule has 4 heteroatoms. The summed E-state index contributed by atoms with van der Waals surface area (Å²) in [6.07, 6.45) is 1.87. The molecule has 0 spiro atoms. The molecular formula is C18H15N3O. The van der Waals surface area contributed by atoms with Crippen molar-refractivity contribution in [2.24, 2.45) is 7.05 Å². The van der Waals surface area contributed by atoms with Crippen LogP contribution >= 0.6 is 0 Å². The number of aryl methyl sites for hydroxylation is 1. The molecule has 108 valence electrons. The molecule has 4 nitrogen and oxygen atoms in total. The Kier molecular flexibility index (Phi) is 3.63. The van der Waals surface area contributed by atoms with Gasteiger partial charge in [0.15, 0.2) is 5.78 Å². The molecule has 22 heavy (non-hydrogen) atoms. The Labute approximate surface area is 128 Å². The van der Waals surface area contributed by atoms with Crippen molar-refractivity contribution in [3.63, 3.8) is 0 Å². The zero-order valence-corrected chi connectivity index (χ0v) is 12.2. The third kappa shape index (κ3) is 2.57. The largest absolute Gasteiger partial charge is 0.378 e. The fourth-order valence-corrected chi connectivity index (χ4v) is 2.50. The molecule has 0 aliphatic rings. The van der Waals surface area contributed by atoms with E-state index >= 15 is 0 Å². The van der Waals surface area contributed by atoms with Gasteiger partial charge in [0, 0.05) is 35.4 Å². The number of benzene rings is 2. The van der Waals surface area contributed by atoms with Gasteiger partial charge >= 0.3 is 0 Å². The minimum absolute atomic E-state index is 0.0427. The number of ketones is 1. The number of para-hydroxylation sites is 1. The predicted molar refractivity (Wildman–Crippen MR) is 86.9 cm³/mol. The molecule has 1 heterocycles. The molecule has 0 unspecified atom stereocenters. The lowest BCUT2D eigenvalue weighted by molar-refractivity contribution is 0.101. The number of carbonyl (C=O) groups excluding carboxylic acids is 1. The van der Waals surface area contributed by atoms with Crippen molar-refractivity contribution in [1.82, 2.24) is 4.57 Å². The smallest absolute Gasteiger partial charge is 0.184 e. The Morgan fingerprint density at radius 3 is 2.64 bits per heavy atom. The van der Waals surface area contributed by atoms with Crippen molar-refractivity contribution < 1.29 is 4.79 Å². The van der Waals surface area contributed by atoms with E-state index in [9.17, 15) is 4.79 Å². The maximum atomic E-state index is 12.4. The number of nitrogens with one attached hydrogen (secondary N) is 1. The number of nitrogens with zero attached hydrogens (tertiary/aromatic N) is 2. The quantitative estimate of drug-likeness (QED) is 0.749. The first-order valence-corrected chi connectivity index (χ1v) is 7.00. The van der Waals surface area contributed by atoms with E-state index in [0.717, 1.165) is 22.2 Å². The van der Waals surface area contributed by atoms with Gasteiger partial charge in [-0.2, -0.15) is 5.26 Å². The van der Waals surface area contributed by atoms with E-state index in [2.05, 4.69) is 11.4 Å². The first-order chi connectivity index (χ1) is 10.7. The minimum atomic E-state index is 0.0427. The molecule has 0 radical (unpaired) electrons. The Hall–Kier alpha value is -3.06. The maximum Gasteiger partial charge on any atom is 0.184 e. The molecule has 0 bridgehead atoms. The first kappa shape index (κ1) is 13.9. The lowest BCUT2D eigenvalue weighted by Gasteiger charge is -2.05. The number of anilines is 1. The van der Waals surface area contributed by atoms with Crippen LogP contribution in [0.4, 0.5) is 5.69 Å². The van der Waals surface area contributed by atoms with Gasteiger partial charge in [-0.05, 0) is 30.3 Å². The first-order valence-electron chi connectivity index (χ1n) is 7.00. The Bertz CT molecular complexity index is 869. The molecule has 0 fully saturated rings. The van der Waals surface area contributed by atoms with Gasteiger partial charge in [0.25, 0.3) is 0 Å². The van der Waals surface area contributed by atoms with E-state index in [1.165, 1.54) is 0 Å². The summed E-state index contributed by atoms with van der Waals surface area (Å²) in [5.74, 6) is 0.0427. The number of aromatic nitrogens is 1. The summed E-state index contributed by atoms with van der Waals surface area (Å²) in [4.78, 5) is 12.4. The lowest BCUT2D eigenvalue weighted by Crippen LogP contribution is -2.13. The van der Waals surface area contributed by atoms with Crippen LogP contribution in [-0.2, 0) is 7.05 Å². The fourth-order valence-electron chi connectivity index (χ4n) is 2.50. The highest BCUT2D eigenvalue weighted by atomic mass is 16.1.